The Bertz CT molecular complexity index is 749. The quantitative estimate of drug-likeness (QED) is 0.644. The summed E-state index contributed by atoms with van der Waals surface area (Å²) in [6, 6.07) is 1.46. The lowest BCUT2D eigenvalue weighted by Crippen LogP contribution is -2.27. The van der Waals surface area contributed by atoms with Gasteiger partial charge >= 0.3 is 12.1 Å². The third-order valence-corrected chi connectivity index (χ3v) is 3.22. The Labute approximate surface area is 146 Å². The molecule has 0 aromatic carbocycles. The second-order valence-corrected chi connectivity index (χ2v) is 6.35. The molecule has 1 aliphatic heterocycles. The van der Waals surface area contributed by atoms with Crippen molar-refractivity contribution >= 4 is 23.3 Å². The molecule has 2 heterocycles. The maximum Gasteiger partial charge on any atom is 0.412 e. The Morgan fingerprint density at radius 1 is 1.40 bits per heavy atom. The van der Waals surface area contributed by atoms with Crippen molar-refractivity contribution in [2.45, 2.75) is 33.3 Å². The fourth-order valence-electron chi connectivity index (χ4n) is 2.26. The molecule has 0 saturated carbocycles. The number of carbonyl (C=O) groups excluding carboxylic acids is 2. The van der Waals surface area contributed by atoms with Crippen LogP contribution in [0.1, 0.15) is 43.9 Å². The second kappa shape index (κ2) is 7.40. The van der Waals surface area contributed by atoms with Gasteiger partial charge in [-0.05, 0) is 33.8 Å². The molecule has 0 spiro atoms. The maximum absolute atomic E-state index is 12.1. The number of amides is 1. The first kappa shape index (κ1) is 18.5. The third kappa shape index (κ3) is 4.61. The lowest BCUT2D eigenvalue weighted by Gasteiger charge is -2.19. The molecule has 0 aliphatic carbocycles. The average molecular weight is 347 g/mol. The number of esters is 1. The predicted octanol–water partition coefficient (Wildman–Crippen LogP) is 3.20. The molecule has 8 nitrogen and oxygen atoms in total. The predicted molar refractivity (Wildman–Crippen MR) is 90.9 cm³/mol. The molecule has 25 heavy (non-hydrogen) atoms. The Balaban J connectivity index is 2.38. The zero-order valence-electron chi connectivity index (χ0n) is 14.7. The third-order valence-electron chi connectivity index (χ3n) is 3.22. The normalized spacial score (nSPS) is 14.2. The standard InChI is InChI=1S/C17H21N3O5/c1-6-24-15(21)12-7-11(20-16(22)25-17(2,3)4)14(19-12)10-8-23-9-13(10)18-5/h7,19H,6,8-9H2,1-4H3,(H,20,22). The molecule has 0 saturated heterocycles. The minimum atomic E-state index is -0.665. The highest BCUT2D eigenvalue weighted by atomic mass is 16.6. The van der Waals surface area contributed by atoms with Crippen molar-refractivity contribution in [1.82, 2.24) is 4.98 Å². The molecule has 2 rings (SSSR count). The van der Waals surface area contributed by atoms with Crippen LogP contribution >= 0.6 is 0 Å². The Kier molecular flexibility index (Phi) is 5.49. The van der Waals surface area contributed by atoms with Crippen LogP contribution in [0.25, 0.3) is 10.4 Å². The molecule has 0 radical (unpaired) electrons. The van der Waals surface area contributed by atoms with E-state index in [0.29, 0.717) is 22.7 Å². The van der Waals surface area contributed by atoms with Crippen LogP contribution < -0.4 is 5.32 Å². The topological polar surface area (TPSA) is 94.0 Å². The van der Waals surface area contributed by atoms with Crippen molar-refractivity contribution in [3.8, 4) is 0 Å². The molecule has 2 N–H and O–H groups in total. The monoisotopic (exact) mass is 347 g/mol. The summed E-state index contributed by atoms with van der Waals surface area (Å²) in [6.45, 7) is 14.8. The van der Waals surface area contributed by atoms with E-state index in [1.807, 2.05) is 0 Å². The van der Waals surface area contributed by atoms with Gasteiger partial charge in [0.25, 0.3) is 0 Å². The summed E-state index contributed by atoms with van der Waals surface area (Å²) in [5.74, 6) is -0.551. The number of rotatable bonds is 4. The SMILES string of the molecule is [C-]#[N+]C1=C(c2[nH]c(C(=O)OCC)cc2NC(=O)OC(C)(C)C)COC1. The number of carbonyl (C=O) groups is 2. The van der Waals surface area contributed by atoms with Crippen LogP contribution in [0.3, 0.4) is 0 Å². The molecule has 1 amide bonds. The number of hydrogen-bond acceptors (Lipinski definition) is 5. The van der Waals surface area contributed by atoms with Gasteiger partial charge in [0.1, 0.15) is 11.3 Å². The minimum Gasteiger partial charge on any atom is -0.461 e. The van der Waals surface area contributed by atoms with E-state index in [-0.39, 0.29) is 25.5 Å². The molecule has 0 unspecified atom stereocenters. The molecular formula is C17H21N3O5. The van der Waals surface area contributed by atoms with Crippen molar-refractivity contribution in [3.05, 3.63) is 34.6 Å². The van der Waals surface area contributed by atoms with Gasteiger partial charge in [-0.1, -0.05) is 0 Å². The molecule has 0 fully saturated rings. The van der Waals surface area contributed by atoms with E-state index in [1.165, 1.54) is 6.07 Å². The van der Waals surface area contributed by atoms with Gasteiger partial charge in [-0.15, -0.1) is 0 Å². The smallest absolute Gasteiger partial charge is 0.412 e. The fraction of sp³-hybridized carbons (Fsp3) is 0.471. The first-order valence-electron chi connectivity index (χ1n) is 7.83. The van der Waals surface area contributed by atoms with Crippen LogP contribution in [0.5, 0.6) is 0 Å². The van der Waals surface area contributed by atoms with Crippen LogP contribution in [0, 0.1) is 6.57 Å². The molecule has 0 bridgehead atoms. The lowest BCUT2D eigenvalue weighted by atomic mass is 10.1. The van der Waals surface area contributed by atoms with E-state index in [9.17, 15) is 9.59 Å². The first-order valence-corrected chi connectivity index (χ1v) is 7.83. The van der Waals surface area contributed by atoms with Crippen LogP contribution in [0.2, 0.25) is 0 Å². The van der Waals surface area contributed by atoms with Crippen molar-refractivity contribution in [1.29, 1.82) is 0 Å². The largest absolute Gasteiger partial charge is 0.461 e. The number of nitrogens with zero attached hydrogens (tertiary/aromatic N) is 1. The summed E-state index contributed by atoms with van der Waals surface area (Å²) in [4.78, 5) is 30.4. The van der Waals surface area contributed by atoms with Crippen molar-refractivity contribution in [2.75, 3.05) is 25.1 Å². The Morgan fingerprint density at radius 2 is 2.12 bits per heavy atom. The number of aromatic nitrogens is 1. The number of anilines is 1. The highest BCUT2D eigenvalue weighted by Crippen LogP contribution is 2.32. The van der Waals surface area contributed by atoms with E-state index in [0.717, 1.165) is 0 Å². The van der Waals surface area contributed by atoms with Gasteiger partial charge < -0.3 is 19.2 Å². The number of hydrogen-bond donors (Lipinski definition) is 2. The van der Waals surface area contributed by atoms with Gasteiger partial charge in [-0.3, -0.25) is 5.32 Å². The Hall–Kier alpha value is -2.79. The summed E-state index contributed by atoms with van der Waals surface area (Å²) < 4.78 is 15.5. The van der Waals surface area contributed by atoms with Gasteiger partial charge in [-0.2, -0.15) is 0 Å². The lowest BCUT2D eigenvalue weighted by molar-refractivity contribution is 0.0519. The average Bonchev–Trinajstić information content (AvgIpc) is 3.11. The van der Waals surface area contributed by atoms with Crippen LogP contribution in [-0.4, -0.2) is 42.5 Å². The molecule has 1 aromatic heterocycles. The van der Waals surface area contributed by atoms with Crippen LogP contribution in [0.4, 0.5) is 10.5 Å². The molecular weight excluding hydrogens is 326 g/mol. The number of ether oxygens (including phenoxy) is 3. The van der Waals surface area contributed by atoms with Crippen LogP contribution in [0.15, 0.2) is 11.8 Å². The van der Waals surface area contributed by atoms with Crippen molar-refractivity contribution < 1.29 is 23.8 Å². The molecule has 0 atom stereocenters. The highest BCUT2D eigenvalue weighted by Gasteiger charge is 2.25. The summed E-state index contributed by atoms with van der Waals surface area (Å²) >= 11 is 0. The minimum absolute atomic E-state index is 0.173. The molecule has 8 heteroatoms. The maximum atomic E-state index is 12.1. The van der Waals surface area contributed by atoms with Gasteiger partial charge in [0.2, 0.25) is 0 Å². The van der Waals surface area contributed by atoms with Crippen molar-refractivity contribution in [3.63, 3.8) is 0 Å². The van der Waals surface area contributed by atoms with Gasteiger partial charge in [0.05, 0.1) is 37.8 Å². The highest BCUT2D eigenvalue weighted by molar-refractivity contribution is 5.96. The molecule has 1 aromatic rings. The molecule has 134 valence electrons. The van der Waals surface area contributed by atoms with E-state index < -0.39 is 17.7 Å². The Morgan fingerprint density at radius 3 is 2.72 bits per heavy atom. The van der Waals surface area contributed by atoms with E-state index in [1.54, 1.807) is 27.7 Å². The van der Waals surface area contributed by atoms with Gasteiger partial charge in [-0.25, -0.2) is 14.4 Å². The fourth-order valence-corrected chi connectivity index (χ4v) is 2.26. The summed E-state index contributed by atoms with van der Waals surface area (Å²) in [5, 5.41) is 2.61. The van der Waals surface area contributed by atoms with E-state index >= 15 is 0 Å². The van der Waals surface area contributed by atoms with Crippen LogP contribution in [-0.2, 0) is 14.2 Å². The summed E-state index contributed by atoms with van der Waals surface area (Å²) in [6.07, 6.45) is -0.660. The number of nitrogens with one attached hydrogen (secondary N) is 2. The number of aromatic amines is 1. The van der Waals surface area contributed by atoms with E-state index in [4.69, 9.17) is 20.8 Å². The van der Waals surface area contributed by atoms with Crippen molar-refractivity contribution in [2.24, 2.45) is 0 Å². The second-order valence-electron chi connectivity index (χ2n) is 6.35. The zero-order chi connectivity index (χ0) is 18.6. The van der Waals surface area contributed by atoms with E-state index in [2.05, 4.69) is 15.1 Å². The van der Waals surface area contributed by atoms with Gasteiger partial charge in [0, 0.05) is 5.57 Å². The number of H-pyrrole nitrogens is 1. The summed E-state index contributed by atoms with van der Waals surface area (Å²) in [5.41, 5.74) is 1.30. The van der Waals surface area contributed by atoms with Gasteiger partial charge in [0.15, 0.2) is 5.70 Å². The first-order chi connectivity index (χ1) is 11.7. The zero-order valence-corrected chi connectivity index (χ0v) is 14.7. The summed E-state index contributed by atoms with van der Waals surface area (Å²) in [7, 11) is 0. The molecule has 1 aliphatic rings.